The van der Waals surface area contributed by atoms with Crippen LogP contribution in [0.2, 0.25) is 15.1 Å². The first-order valence-electron chi connectivity index (χ1n) is 14.7. The van der Waals surface area contributed by atoms with Crippen LogP contribution in [0.3, 0.4) is 0 Å². The second-order valence-electron chi connectivity index (χ2n) is 12.2. The van der Waals surface area contributed by atoms with Gasteiger partial charge in [0.15, 0.2) is 6.61 Å². The minimum atomic E-state index is -0.509. The molecule has 0 saturated carbocycles. The predicted molar refractivity (Wildman–Crippen MR) is 182 cm³/mol. The van der Waals surface area contributed by atoms with Crippen LogP contribution in [0.25, 0.3) is 0 Å². The Morgan fingerprint density at radius 1 is 0.911 bits per heavy atom. The summed E-state index contributed by atoms with van der Waals surface area (Å²) in [5.41, 5.74) is 3.00. The zero-order chi connectivity index (χ0) is 33.1. The van der Waals surface area contributed by atoms with Crippen molar-refractivity contribution >= 4 is 69.7 Å². The van der Waals surface area contributed by atoms with Gasteiger partial charge in [-0.05, 0) is 65.6 Å². The second kappa shape index (κ2) is 13.8. The Kier molecular flexibility index (Phi) is 10.5. The number of carbonyl (C=O) groups excluding carboxylic acids is 3. The first-order chi connectivity index (χ1) is 21.1. The molecule has 11 heteroatoms. The number of nitrogens with one attached hydrogen (secondary N) is 2. The highest BCUT2D eigenvalue weighted by Crippen LogP contribution is 2.39. The van der Waals surface area contributed by atoms with Crippen molar-refractivity contribution in [1.82, 2.24) is 5.32 Å². The SMILES string of the molecule is CCC(C)(C)c1ccc(OCC(=O)Nc2cccc(C(=O)NC3=NN(c4c(Cl)cc(Cl)cc4Cl)C(=O)C3)c2)c(C(C)(C)CC)c1. The summed E-state index contributed by atoms with van der Waals surface area (Å²) in [5, 5.41) is 11.3. The van der Waals surface area contributed by atoms with Gasteiger partial charge < -0.3 is 15.4 Å². The first-order valence-corrected chi connectivity index (χ1v) is 15.8. The van der Waals surface area contributed by atoms with Gasteiger partial charge in [-0.15, -0.1) is 0 Å². The topological polar surface area (TPSA) is 100 Å². The molecular weight excluding hydrogens is 635 g/mol. The van der Waals surface area contributed by atoms with Gasteiger partial charge in [0.1, 0.15) is 17.3 Å². The molecule has 3 aromatic carbocycles. The summed E-state index contributed by atoms with van der Waals surface area (Å²) in [7, 11) is 0. The number of hydrogen-bond acceptors (Lipinski definition) is 5. The number of halogens is 3. The van der Waals surface area contributed by atoms with Crippen LogP contribution >= 0.6 is 34.8 Å². The zero-order valence-electron chi connectivity index (χ0n) is 26.2. The van der Waals surface area contributed by atoms with Crippen LogP contribution in [0.5, 0.6) is 5.75 Å². The molecule has 3 aromatic rings. The molecule has 2 N–H and O–H groups in total. The van der Waals surface area contributed by atoms with Crippen LogP contribution in [0.1, 0.15) is 82.3 Å². The number of benzene rings is 3. The lowest BCUT2D eigenvalue weighted by atomic mass is 9.76. The van der Waals surface area contributed by atoms with Crippen molar-refractivity contribution in [3.8, 4) is 5.75 Å². The van der Waals surface area contributed by atoms with Crippen molar-refractivity contribution in [2.45, 2.75) is 71.6 Å². The lowest BCUT2D eigenvalue weighted by molar-refractivity contribution is -0.118. The number of nitrogens with zero attached hydrogens (tertiary/aromatic N) is 2. The maximum atomic E-state index is 13.0. The summed E-state index contributed by atoms with van der Waals surface area (Å²) >= 11 is 18.5. The van der Waals surface area contributed by atoms with Gasteiger partial charge in [-0.2, -0.15) is 10.1 Å². The molecule has 238 valence electrons. The van der Waals surface area contributed by atoms with E-state index >= 15 is 0 Å². The number of anilines is 2. The fourth-order valence-electron chi connectivity index (χ4n) is 4.69. The summed E-state index contributed by atoms with van der Waals surface area (Å²) in [6.45, 7) is 12.9. The van der Waals surface area contributed by atoms with Crippen LogP contribution in [0.4, 0.5) is 11.4 Å². The Morgan fingerprint density at radius 3 is 2.22 bits per heavy atom. The average molecular weight is 672 g/mol. The van der Waals surface area contributed by atoms with Gasteiger partial charge in [-0.25, -0.2) is 0 Å². The van der Waals surface area contributed by atoms with Gasteiger partial charge in [0.2, 0.25) is 0 Å². The third kappa shape index (κ3) is 7.98. The fraction of sp³-hybridized carbons (Fsp3) is 0.353. The monoisotopic (exact) mass is 670 g/mol. The number of amides is 3. The van der Waals surface area contributed by atoms with Crippen LogP contribution in [-0.4, -0.2) is 30.2 Å². The molecule has 0 atom stereocenters. The van der Waals surface area contributed by atoms with Crippen molar-refractivity contribution in [2.75, 3.05) is 16.9 Å². The van der Waals surface area contributed by atoms with Gasteiger partial charge >= 0.3 is 0 Å². The quantitative estimate of drug-likeness (QED) is 0.226. The molecule has 0 saturated heterocycles. The Hall–Kier alpha value is -3.59. The van der Waals surface area contributed by atoms with E-state index in [2.05, 4.69) is 69.4 Å². The summed E-state index contributed by atoms with van der Waals surface area (Å²) < 4.78 is 6.04. The van der Waals surface area contributed by atoms with Gasteiger partial charge in [0, 0.05) is 21.8 Å². The third-order valence-electron chi connectivity index (χ3n) is 8.25. The van der Waals surface area contributed by atoms with E-state index in [4.69, 9.17) is 39.5 Å². The standard InChI is InChI=1S/C34H37Cl3N4O4/c1-7-33(3,4)21-12-13-27(24(15-21)34(5,6)8-2)45-19-29(42)38-23-11-9-10-20(14-23)32(44)39-28-18-30(43)41(40-28)31-25(36)16-22(35)17-26(31)37/h9-17H,7-8,18-19H2,1-6H3,(H,38,42)(H,39,40,44). The molecule has 3 amide bonds. The number of ether oxygens (including phenoxy) is 1. The van der Waals surface area contributed by atoms with E-state index in [0.717, 1.165) is 23.4 Å². The van der Waals surface area contributed by atoms with Crippen LogP contribution in [0, 0.1) is 0 Å². The smallest absolute Gasteiger partial charge is 0.262 e. The molecule has 0 bridgehead atoms. The molecule has 0 aliphatic carbocycles. The largest absolute Gasteiger partial charge is 0.483 e. The molecule has 0 spiro atoms. The van der Waals surface area contributed by atoms with E-state index in [1.807, 2.05) is 6.07 Å². The zero-order valence-corrected chi connectivity index (χ0v) is 28.5. The summed E-state index contributed by atoms with van der Waals surface area (Å²) in [5.74, 6) is -0.516. The molecule has 0 radical (unpaired) electrons. The van der Waals surface area contributed by atoms with E-state index < -0.39 is 11.8 Å². The maximum Gasteiger partial charge on any atom is 0.262 e. The third-order valence-corrected chi connectivity index (χ3v) is 9.05. The van der Waals surface area contributed by atoms with Crippen molar-refractivity contribution in [1.29, 1.82) is 0 Å². The summed E-state index contributed by atoms with van der Waals surface area (Å²) in [4.78, 5) is 38.6. The predicted octanol–water partition coefficient (Wildman–Crippen LogP) is 8.52. The number of hydrogen-bond donors (Lipinski definition) is 2. The van der Waals surface area contributed by atoms with E-state index in [9.17, 15) is 14.4 Å². The minimum absolute atomic E-state index is 0.0171. The highest BCUT2D eigenvalue weighted by atomic mass is 35.5. The highest BCUT2D eigenvalue weighted by molar-refractivity contribution is 6.42. The summed E-state index contributed by atoms with van der Waals surface area (Å²) in [6.07, 6.45) is 1.74. The second-order valence-corrected chi connectivity index (χ2v) is 13.5. The van der Waals surface area contributed by atoms with Crippen molar-refractivity contribution in [3.63, 3.8) is 0 Å². The lowest BCUT2D eigenvalue weighted by Gasteiger charge is -2.30. The Balaban J connectivity index is 1.43. The molecule has 0 unspecified atom stereocenters. The van der Waals surface area contributed by atoms with E-state index in [0.29, 0.717) is 16.5 Å². The molecule has 8 nitrogen and oxygen atoms in total. The van der Waals surface area contributed by atoms with Crippen molar-refractivity contribution < 1.29 is 19.1 Å². The molecule has 4 rings (SSSR count). The van der Waals surface area contributed by atoms with Gasteiger partial charge in [-0.1, -0.05) is 94.5 Å². The van der Waals surface area contributed by atoms with Crippen LogP contribution in [0.15, 0.2) is 59.7 Å². The van der Waals surface area contributed by atoms with E-state index in [1.54, 1.807) is 18.2 Å². The number of hydrazone groups is 1. The molecular formula is C34H37Cl3N4O4. The molecule has 0 aromatic heterocycles. The maximum absolute atomic E-state index is 13.0. The fourth-order valence-corrected chi connectivity index (χ4v) is 5.67. The molecule has 45 heavy (non-hydrogen) atoms. The van der Waals surface area contributed by atoms with Gasteiger partial charge in [0.25, 0.3) is 17.7 Å². The first kappa shape index (κ1) is 34.3. The molecule has 1 heterocycles. The Bertz CT molecular complexity index is 1650. The van der Waals surface area contributed by atoms with Crippen LogP contribution < -0.4 is 20.4 Å². The van der Waals surface area contributed by atoms with E-state index in [-0.39, 0.29) is 56.9 Å². The molecule has 1 aliphatic heterocycles. The van der Waals surface area contributed by atoms with Gasteiger partial charge in [0.05, 0.1) is 16.5 Å². The number of rotatable bonds is 10. The highest BCUT2D eigenvalue weighted by Gasteiger charge is 2.30. The lowest BCUT2D eigenvalue weighted by Crippen LogP contribution is -2.30. The van der Waals surface area contributed by atoms with E-state index in [1.165, 1.54) is 23.8 Å². The normalized spacial score (nSPS) is 13.5. The Morgan fingerprint density at radius 2 is 1.58 bits per heavy atom. The van der Waals surface area contributed by atoms with Gasteiger partial charge in [-0.3, -0.25) is 14.4 Å². The molecule has 0 fully saturated rings. The van der Waals surface area contributed by atoms with Crippen molar-refractivity contribution in [2.24, 2.45) is 5.10 Å². The van der Waals surface area contributed by atoms with Crippen LogP contribution in [-0.2, 0) is 20.4 Å². The number of amidine groups is 1. The van der Waals surface area contributed by atoms with Crippen molar-refractivity contribution in [3.05, 3.63) is 86.4 Å². The number of carbonyl (C=O) groups is 3. The average Bonchev–Trinajstić information content (AvgIpc) is 3.34. The Labute approximate surface area is 279 Å². The summed E-state index contributed by atoms with van der Waals surface area (Å²) in [6, 6.07) is 15.5. The molecule has 1 aliphatic rings. The minimum Gasteiger partial charge on any atom is -0.483 e.